The summed E-state index contributed by atoms with van der Waals surface area (Å²) < 4.78 is 36.0. The number of carbonyl (C=O) groups excluding carboxylic acids is 3. The van der Waals surface area contributed by atoms with Gasteiger partial charge in [-0.2, -0.15) is 0 Å². The SMILES string of the molecule is COC1=CC(O)=C2C(=O)[C@@H](OC)C34C[C@H](C)O[C@](C(C)=O)(O3)C3=C(OC)C(=O)c5c(O)cc(OC)c6c5C3=C4C2C16. The van der Waals surface area contributed by atoms with Gasteiger partial charge < -0.3 is 38.6 Å². The van der Waals surface area contributed by atoms with E-state index in [1.165, 1.54) is 47.5 Å². The molecule has 6 atom stereocenters. The van der Waals surface area contributed by atoms with Crippen molar-refractivity contribution in [2.45, 2.75) is 49.8 Å². The molecule has 1 aromatic carbocycles. The molecule has 11 heteroatoms. The molecule has 3 unspecified atom stereocenters. The molecule has 6 aliphatic rings. The molecule has 214 valence electrons. The van der Waals surface area contributed by atoms with E-state index in [1.807, 2.05) is 0 Å². The summed E-state index contributed by atoms with van der Waals surface area (Å²) in [4.78, 5) is 42.0. The van der Waals surface area contributed by atoms with Gasteiger partial charge in [-0.25, -0.2) is 0 Å². The van der Waals surface area contributed by atoms with Crippen LogP contribution in [0.15, 0.2) is 46.1 Å². The van der Waals surface area contributed by atoms with E-state index in [-0.39, 0.29) is 46.1 Å². The predicted octanol–water partition coefficient (Wildman–Crippen LogP) is 2.78. The third-order valence-electron chi connectivity index (χ3n) is 9.22. The van der Waals surface area contributed by atoms with E-state index in [0.717, 1.165) is 0 Å². The molecule has 1 spiro atoms. The second-order valence-electron chi connectivity index (χ2n) is 11.1. The van der Waals surface area contributed by atoms with Gasteiger partial charge in [-0.15, -0.1) is 0 Å². The molecule has 2 fully saturated rings. The van der Waals surface area contributed by atoms with Crippen LogP contribution in [-0.2, 0) is 33.3 Å². The number of aromatic hydroxyl groups is 1. The van der Waals surface area contributed by atoms with Gasteiger partial charge in [-0.1, -0.05) is 0 Å². The van der Waals surface area contributed by atoms with E-state index in [1.54, 1.807) is 6.92 Å². The standard InChI is InChI=1S/C30H28O11/c1-10-9-29-23-21-17(26(35)28(29)39-6)13(33)8-15(37-4)19(21)18-14(36-3)7-12(32)16-20(18)22(23)24(27(38-5)25(16)34)30(40-10,41-29)11(2)31/h7-8,10,19,21,28,32-33H,9H2,1-6H3/t10-,19?,21?,28+,29?,30+/m0/s1. The highest BCUT2D eigenvalue weighted by atomic mass is 16.7. The molecule has 0 radical (unpaired) electrons. The highest BCUT2D eigenvalue weighted by Crippen LogP contribution is 2.69. The zero-order chi connectivity index (χ0) is 29.3. The van der Waals surface area contributed by atoms with Crippen LogP contribution in [0.2, 0.25) is 0 Å². The van der Waals surface area contributed by atoms with Crippen LogP contribution in [0.3, 0.4) is 0 Å². The van der Waals surface area contributed by atoms with Crippen molar-refractivity contribution in [2.75, 3.05) is 28.4 Å². The summed E-state index contributed by atoms with van der Waals surface area (Å²) in [5.41, 5.74) is 0.195. The number of methoxy groups -OCH3 is 4. The third kappa shape index (κ3) is 2.72. The van der Waals surface area contributed by atoms with Crippen LogP contribution in [0.1, 0.15) is 47.7 Å². The van der Waals surface area contributed by atoms with Crippen LogP contribution in [0.4, 0.5) is 0 Å². The van der Waals surface area contributed by atoms with Crippen LogP contribution >= 0.6 is 0 Å². The lowest BCUT2D eigenvalue weighted by molar-refractivity contribution is -0.322. The topological polar surface area (TPSA) is 147 Å². The lowest BCUT2D eigenvalue weighted by atomic mass is 9.51. The summed E-state index contributed by atoms with van der Waals surface area (Å²) in [6, 6.07) is 1.33. The van der Waals surface area contributed by atoms with Gasteiger partial charge in [0, 0.05) is 55.2 Å². The number of hydrogen-bond acceptors (Lipinski definition) is 11. The van der Waals surface area contributed by atoms with Crippen LogP contribution in [0, 0.1) is 5.92 Å². The Kier molecular flexibility index (Phi) is 5.13. The second kappa shape index (κ2) is 8.09. The Balaban J connectivity index is 1.78. The van der Waals surface area contributed by atoms with Gasteiger partial charge in [-0.05, 0) is 18.1 Å². The van der Waals surface area contributed by atoms with Crippen molar-refractivity contribution >= 4 is 22.9 Å². The van der Waals surface area contributed by atoms with Gasteiger partial charge in [0.2, 0.25) is 5.78 Å². The molecule has 1 saturated carbocycles. The minimum absolute atomic E-state index is 0.0473. The molecule has 2 aliphatic heterocycles. The zero-order valence-electron chi connectivity index (χ0n) is 23.2. The summed E-state index contributed by atoms with van der Waals surface area (Å²) in [6.45, 7) is 3.03. The van der Waals surface area contributed by atoms with E-state index in [9.17, 15) is 24.6 Å². The quantitative estimate of drug-likeness (QED) is 0.544. The van der Waals surface area contributed by atoms with Crippen molar-refractivity contribution in [2.24, 2.45) is 5.92 Å². The van der Waals surface area contributed by atoms with Crippen molar-refractivity contribution < 1.29 is 53.0 Å². The molecular formula is C30H28O11. The molecule has 2 heterocycles. The monoisotopic (exact) mass is 564 g/mol. The summed E-state index contributed by atoms with van der Waals surface area (Å²) >= 11 is 0. The summed E-state index contributed by atoms with van der Waals surface area (Å²) in [5, 5.41) is 22.5. The Labute approximate surface area is 234 Å². The molecular weight excluding hydrogens is 536 g/mol. The van der Waals surface area contributed by atoms with Gasteiger partial charge in [0.15, 0.2) is 23.4 Å². The number of hydrogen-bond donors (Lipinski definition) is 2. The number of ketones is 3. The lowest BCUT2D eigenvalue weighted by Crippen LogP contribution is -2.71. The number of aliphatic hydroxyl groups excluding tert-OH is 1. The molecule has 41 heavy (non-hydrogen) atoms. The summed E-state index contributed by atoms with van der Waals surface area (Å²) in [7, 11) is 5.52. The Bertz CT molecular complexity index is 1640. The maximum Gasteiger partial charge on any atom is 0.261 e. The first-order valence-corrected chi connectivity index (χ1v) is 13.2. The predicted molar refractivity (Wildman–Crippen MR) is 139 cm³/mol. The number of benzene rings is 1. The Morgan fingerprint density at radius 2 is 1.78 bits per heavy atom. The van der Waals surface area contributed by atoms with Crippen LogP contribution in [0.5, 0.6) is 11.5 Å². The maximum absolute atomic E-state index is 14.3. The van der Waals surface area contributed by atoms with E-state index >= 15 is 0 Å². The van der Waals surface area contributed by atoms with E-state index < -0.39 is 52.8 Å². The van der Waals surface area contributed by atoms with Gasteiger partial charge >= 0.3 is 0 Å². The number of Topliss-reactive ketones (excluding diaryl/α,β-unsaturated/α-hetero) is 3. The Morgan fingerprint density at radius 1 is 1.05 bits per heavy atom. The van der Waals surface area contributed by atoms with Crippen LogP contribution < -0.4 is 4.74 Å². The van der Waals surface area contributed by atoms with Crippen molar-refractivity contribution in [1.29, 1.82) is 0 Å². The fraction of sp³-hybridized carbons (Fsp3) is 0.433. The minimum atomic E-state index is -2.13. The van der Waals surface area contributed by atoms with E-state index in [0.29, 0.717) is 28.0 Å². The largest absolute Gasteiger partial charge is 0.507 e. The second-order valence-corrected chi connectivity index (χ2v) is 11.1. The number of phenolic OH excluding ortho intramolecular Hbond substituents is 1. The number of ether oxygens (including phenoxy) is 6. The average molecular weight is 565 g/mol. The molecule has 4 aliphatic carbocycles. The third-order valence-corrected chi connectivity index (χ3v) is 9.22. The molecule has 2 N–H and O–H groups in total. The summed E-state index contributed by atoms with van der Waals surface area (Å²) in [5.74, 6) is -5.81. The smallest absolute Gasteiger partial charge is 0.261 e. The highest BCUT2D eigenvalue weighted by molar-refractivity contribution is 6.22. The summed E-state index contributed by atoms with van der Waals surface area (Å²) in [6.07, 6.45) is -0.399. The zero-order valence-corrected chi connectivity index (χ0v) is 23.2. The molecule has 1 aromatic rings. The lowest BCUT2D eigenvalue weighted by Gasteiger charge is -2.62. The molecule has 0 amide bonds. The number of phenols is 1. The van der Waals surface area contributed by atoms with Gasteiger partial charge in [0.1, 0.15) is 28.6 Å². The van der Waals surface area contributed by atoms with Gasteiger partial charge in [0.25, 0.3) is 5.79 Å². The minimum Gasteiger partial charge on any atom is -0.507 e. The first-order chi connectivity index (χ1) is 19.5. The highest BCUT2D eigenvalue weighted by Gasteiger charge is 2.73. The van der Waals surface area contributed by atoms with Crippen molar-refractivity contribution in [3.05, 3.63) is 62.8 Å². The van der Waals surface area contributed by atoms with Crippen molar-refractivity contribution in [3.63, 3.8) is 0 Å². The van der Waals surface area contributed by atoms with Crippen molar-refractivity contribution in [3.8, 4) is 11.5 Å². The fourth-order valence-corrected chi connectivity index (χ4v) is 8.01. The maximum atomic E-state index is 14.3. The number of allylic oxidation sites excluding steroid dienone is 3. The first-order valence-electron chi connectivity index (χ1n) is 13.2. The number of rotatable bonds is 5. The average Bonchev–Trinajstić information content (AvgIpc) is 2.92. The van der Waals surface area contributed by atoms with Gasteiger partial charge in [-0.3, -0.25) is 14.4 Å². The normalized spacial score (nSPS) is 34.3. The van der Waals surface area contributed by atoms with Gasteiger partial charge in [0.05, 0.1) is 44.5 Å². The number of fused-ring (bicyclic) bond motifs is 3. The molecule has 11 nitrogen and oxygen atoms in total. The van der Waals surface area contributed by atoms with Crippen LogP contribution in [0.25, 0.3) is 5.57 Å². The number of aliphatic hydroxyl groups is 1. The van der Waals surface area contributed by atoms with Crippen molar-refractivity contribution in [1.82, 2.24) is 0 Å². The van der Waals surface area contributed by atoms with E-state index in [4.69, 9.17) is 28.4 Å². The van der Waals surface area contributed by atoms with E-state index in [2.05, 4.69) is 0 Å². The fourth-order valence-electron chi connectivity index (χ4n) is 8.01. The number of carbonyl (C=O) groups is 3. The molecule has 0 aromatic heterocycles. The molecule has 7 rings (SSSR count). The molecule has 1 saturated heterocycles. The Hall–Kier alpha value is -3.93. The Morgan fingerprint density at radius 3 is 2.39 bits per heavy atom. The van der Waals surface area contributed by atoms with Crippen LogP contribution in [-0.4, -0.2) is 79.6 Å². The molecule has 2 bridgehead atoms. The first kappa shape index (κ1) is 26.0.